The molecule has 7 rings (SSSR count). The molecule has 4 aliphatic rings. The van der Waals surface area contributed by atoms with Gasteiger partial charge in [0.2, 0.25) is 0 Å². The van der Waals surface area contributed by atoms with Crippen molar-refractivity contribution in [2.75, 3.05) is 0 Å². The number of hydrogen-bond donors (Lipinski definition) is 3. The van der Waals surface area contributed by atoms with Crippen LogP contribution in [-0.4, -0.2) is 48.9 Å². The molecule has 4 heterocycles. The number of nitrogens with one attached hydrogen (secondary N) is 3. The molecule has 0 unspecified atom stereocenters. The summed E-state index contributed by atoms with van der Waals surface area (Å²) in [5.41, 5.74) is 4.94. The Morgan fingerprint density at radius 3 is 1.55 bits per heavy atom. The van der Waals surface area contributed by atoms with Crippen LogP contribution in [-0.2, 0) is 9.31 Å². The van der Waals surface area contributed by atoms with Crippen LogP contribution in [0.1, 0.15) is 151 Å². The van der Waals surface area contributed by atoms with Crippen LogP contribution in [0.2, 0.25) is 5.15 Å². The van der Waals surface area contributed by atoms with Crippen LogP contribution in [0.15, 0.2) is 68.4 Å². The van der Waals surface area contributed by atoms with Gasteiger partial charge in [-0.1, -0.05) is 65.3 Å². The summed E-state index contributed by atoms with van der Waals surface area (Å²) in [6.45, 7) is 22.3. The molecule has 1 saturated heterocycles. The Morgan fingerprint density at radius 2 is 1.13 bits per heavy atom. The van der Waals surface area contributed by atoms with Crippen molar-refractivity contribution in [1.29, 1.82) is 0 Å². The van der Waals surface area contributed by atoms with Crippen LogP contribution in [0, 0.1) is 16.2 Å². The van der Waals surface area contributed by atoms with Gasteiger partial charge in [-0.25, -0.2) is 15.3 Å². The zero-order valence-corrected chi connectivity index (χ0v) is 35.4. The fourth-order valence-electron chi connectivity index (χ4n) is 6.74. The van der Waals surface area contributed by atoms with Gasteiger partial charge in [0, 0.05) is 24.1 Å². The second-order valence-electron chi connectivity index (χ2n) is 18.7. The van der Waals surface area contributed by atoms with Crippen molar-refractivity contribution < 1.29 is 9.31 Å². The van der Waals surface area contributed by atoms with E-state index in [0.717, 1.165) is 37.1 Å². The zero-order chi connectivity index (χ0) is 40.7. The number of halogens is 1. The topological polar surface area (TPSA) is 156 Å². The van der Waals surface area contributed by atoms with Crippen molar-refractivity contribution in [3.8, 4) is 0 Å². The fourth-order valence-corrected chi connectivity index (χ4v) is 6.85. The van der Waals surface area contributed by atoms with Crippen LogP contribution in [0.5, 0.6) is 0 Å². The molecule has 13 heteroatoms. The zero-order valence-electron chi connectivity index (χ0n) is 34.6. The Hall–Kier alpha value is -3.61. The van der Waals surface area contributed by atoms with Crippen LogP contribution in [0.4, 0.5) is 0 Å². The van der Waals surface area contributed by atoms with Gasteiger partial charge in [0.05, 0.1) is 22.6 Å². The van der Waals surface area contributed by atoms with Gasteiger partial charge in [-0.2, -0.15) is 15.3 Å². The highest BCUT2D eigenvalue weighted by molar-refractivity contribution is 6.54. The molecule has 1 aliphatic heterocycles. The summed E-state index contributed by atoms with van der Waals surface area (Å²) in [7, 11) is -0.129. The number of aromatic amines is 3. The average molecular weight is 777 g/mol. The van der Waals surface area contributed by atoms with Crippen LogP contribution >= 0.6 is 11.6 Å². The van der Waals surface area contributed by atoms with Crippen molar-refractivity contribution in [2.45, 2.75) is 151 Å². The highest BCUT2D eigenvalue weighted by Crippen LogP contribution is 2.43. The number of nitrogens with zero attached hydrogens (tertiary/aromatic N) is 3. The highest BCUT2D eigenvalue weighted by atomic mass is 35.5. The summed E-state index contributed by atoms with van der Waals surface area (Å²) >= 11 is 5.33. The van der Waals surface area contributed by atoms with E-state index in [0.29, 0.717) is 27.3 Å². The first-order chi connectivity index (χ1) is 25.6. The molecule has 11 nitrogen and oxygen atoms in total. The number of allylic oxidation sites excluding steroid dienone is 4. The van der Waals surface area contributed by atoms with Gasteiger partial charge in [-0.3, -0.25) is 14.4 Å². The molecular formula is C42H62BClN6O5. The first-order valence-electron chi connectivity index (χ1n) is 19.6. The third kappa shape index (κ3) is 13.5. The first-order valence-corrected chi connectivity index (χ1v) is 20.0. The van der Waals surface area contributed by atoms with Gasteiger partial charge < -0.3 is 9.31 Å². The molecule has 1 saturated carbocycles. The summed E-state index contributed by atoms with van der Waals surface area (Å²) in [5.74, 6) is 0.537. The Labute approximate surface area is 331 Å². The Kier molecular flexibility index (Phi) is 14.5. The highest BCUT2D eigenvalue weighted by Gasteiger charge is 2.52. The lowest BCUT2D eigenvalue weighted by molar-refractivity contribution is 0.00578. The number of rotatable bonds is 3. The molecule has 0 bridgehead atoms. The Balaban J connectivity index is 0.000000167. The summed E-state index contributed by atoms with van der Waals surface area (Å²) in [6, 6.07) is 9.51. The molecule has 0 aromatic carbocycles. The first kappa shape index (κ1) is 44.1. The van der Waals surface area contributed by atoms with Crippen molar-refractivity contribution in [2.24, 2.45) is 16.2 Å². The third-order valence-corrected chi connectivity index (χ3v) is 11.9. The SMILES string of the molecule is CC1(C)CC=C(B2OC(C)(C)C(C)(C)O2)CC1.CC1(C)CC=C(c2ccc(=O)[nH]n2)CC1.CC1(C)CCC(c2ccc(=O)[nH]n2)CC1.O=c1ccc(Cl)n[nH]1. The van der Waals surface area contributed by atoms with E-state index in [-0.39, 0.29) is 35.0 Å². The third-order valence-electron chi connectivity index (χ3n) is 11.6. The predicted molar refractivity (Wildman–Crippen MR) is 222 cm³/mol. The van der Waals surface area contributed by atoms with E-state index in [9.17, 15) is 14.4 Å². The van der Waals surface area contributed by atoms with E-state index < -0.39 is 0 Å². The van der Waals surface area contributed by atoms with Gasteiger partial charge in [-0.05, 0) is 137 Å². The van der Waals surface area contributed by atoms with Crippen molar-refractivity contribution in [3.05, 3.63) is 102 Å². The van der Waals surface area contributed by atoms with Gasteiger partial charge in [0.25, 0.3) is 16.7 Å². The van der Waals surface area contributed by atoms with Crippen LogP contribution in [0.25, 0.3) is 5.57 Å². The maximum absolute atomic E-state index is 10.9. The molecule has 3 aromatic heterocycles. The normalized spacial score (nSPS) is 21.9. The average Bonchev–Trinajstić information content (AvgIpc) is 3.33. The summed E-state index contributed by atoms with van der Waals surface area (Å²) in [4.78, 5) is 32.0. The predicted octanol–water partition coefficient (Wildman–Crippen LogP) is 8.99. The van der Waals surface area contributed by atoms with Crippen LogP contribution in [0.3, 0.4) is 0 Å². The van der Waals surface area contributed by atoms with E-state index in [1.165, 1.54) is 67.8 Å². The standard InChI is InChI=1S/C14H25BO2.C12H18N2O.C12H16N2O.C4H3ClN2O/c1-12(2)9-7-11(8-10-12)15-16-13(3,4)14(5,6)17-15;2*1-12(2)7-5-9(6-8-12)10-3-4-11(15)14-13-10;5-3-1-2-4(8)7-6-3/h7H,8-10H2,1-6H3;3-4,9H,5-8H2,1-2H3,(H,14,15);3-5H,6-8H2,1-2H3,(H,14,15);1-2H,(H,7,8). The monoisotopic (exact) mass is 776 g/mol. The quantitative estimate of drug-likeness (QED) is 0.223. The van der Waals surface area contributed by atoms with Crippen molar-refractivity contribution in [3.63, 3.8) is 0 Å². The molecule has 3 aliphatic carbocycles. The molecule has 55 heavy (non-hydrogen) atoms. The van der Waals surface area contributed by atoms with E-state index >= 15 is 0 Å². The lowest BCUT2D eigenvalue weighted by atomic mass is 9.67. The molecule has 0 amide bonds. The lowest BCUT2D eigenvalue weighted by Gasteiger charge is -2.33. The minimum atomic E-state index is -0.241. The minimum absolute atomic E-state index is 0.116. The fraction of sp³-hybridized carbons (Fsp3) is 0.619. The van der Waals surface area contributed by atoms with E-state index in [4.69, 9.17) is 20.9 Å². The smallest absolute Gasteiger partial charge is 0.400 e. The van der Waals surface area contributed by atoms with Gasteiger partial charge >= 0.3 is 7.12 Å². The number of aromatic nitrogens is 6. The summed E-state index contributed by atoms with van der Waals surface area (Å²) in [6.07, 6.45) is 16.2. The van der Waals surface area contributed by atoms with E-state index in [2.05, 4.69) is 112 Å². The maximum Gasteiger partial charge on any atom is 0.490 e. The molecule has 0 spiro atoms. The van der Waals surface area contributed by atoms with Crippen molar-refractivity contribution >= 4 is 24.3 Å². The maximum atomic E-state index is 10.9. The van der Waals surface area contributed by atoms with E-state index in [1.54, 1.807) is 12.1 Å². The number of H-pyrrole nitrogens is 3. The largest absolute Gasteiger partial charge is 0.490 e. The Morgan fingerprint density at radius 1 is 0.618 bits per heavy atom. The molecule has 0 radical (unpaired) electrons. The molecule has 3 N–H and O–H groups in total. The second-order valence-corrected chi connectivity index (χ2v) is 19.1. The molecule has 2 fully saturated rings. The van der Waals surface area contributed by atoms with Gasteiger partial charge in [0.1, 0.15) is 5.15 Å². The van der Waals surface area contributed by atoms with Gasteiger partial charge in [-0.15, -0.1) is 0 Å². The summed E-state index contributed by atoms with van der Waals surface area (Å²) in [5, 5.41) is 19.0. The second kappa shape index (κ2) is 18.1. The Bertz CT molecular complexity index is 1890. The van der Waals surface area contributed by atoms with E-state index in [1.807, 2.05) is 6.07 Å². The molecule has 0 atom stereocenters. The molecule has 300 valence electrons. The van der Waals surface area contributed by atoms with Gasteiger partial charge in [0.15, 0.2) is 0 Å². The molecular weight excluding hydrogens is 715 g/mol. The van der Waals surface area contributed by atoms with Crippen molar-refractivity contribution in [1.82, 2.24) is 30.6 Å². The minimum Gasteiger partial charge on any atom is -0.400 e. The van der Waals surface area contributed by atoms with Crippen LogP contribution < -0.4 is 16.7 Å². The lowest BCUT2D eigenvalue weighted by Crippen LogP contribution is -2.41. The number of hydrogen-bond acceptors (Lipinski definition) is 8. The summed E-state index contributed by atoms with van der Waals surface area (Å²) < 4.78 is 12.2. The molecule has 3 aromatic rings.